The van der Waals surface area contributed by atoms with E-state index in [0.29, 0.717) is 11.6 Å². The molecule has 84 valence electrons. The number of halogens is 1. The van der Waals surface area contributed by atoms with Gasteiger partial charge in [0.1, 0.15) is 0 Å². The quantitative estimate of drug-likeness (QED) is 0.920. The second-order valence-corrected chi connectivity index (χ2v) is 4.53. The van der Waals surface area contributed by atoms with Crippen LogP contribution in [0.1, 0.15) is 0 Å². The van der Waals surface area contributed by atoms with Crippen molar-refractivity contribution >= 4 is 27.4 Å². The van der Waals surface area contributed by atoms with Crippen molar-refractivity contribution in [3.05, 3.63) is 28.7 Å². The van der Waals surface area contributed by atoms with Crippen LogP contribution in [0, 0.1) is 0 Å². The zero-order valence-corrected chi connectivity index (χ0v) is 10.7. The van der Waals surface area contributed by atoms with Gasteiger partial charge in [-0.05, 0) is 34.1 Å². The summed E-state index contributed by atoms with van der Waals surface area (Å²) in [7, 11) is 3.97. The third-order valence-electron chi connectivity index (χ3n) is 2.24. The van der Waals surface area contributed by atoms with Crippen molar-refractivity contribution in [2.24, 2.45) is 0 Å². The highest BCUT2D eigenvalue weighted by molar-refractivity contribution is 9.10. The molecule has 2 N–H and O–H groups in total. The molecule has 0 saturated carbocycles. The first-order chi connectivity index (χ1) is 7.58. The molecule has 16 heavy (non-hydrogen) atoms. The van der Waals surface area contributed by atoms with Crippen molar-refractivity contribution in [2.75, 3.05) is 24.7 Å². The van der Waals surface area contributed by atoms with Gasteiger partial charge < -0.3 is 15.2 Å². The van der Waals surface area contributed by atoms with Crippen molar-refractivity contribution in [2.45, 2.75) is 0 Å². The van der Waals surface area contributed by atoms with Crippen molar-refractivity contribution in [3.8, 4) is 11.3 Å². The largest absolute Gasteiger partial charge is 0.381 e. The van der Waals surface area contributed by atoms with Crippen LogP contribution in [0.25, 0.3) is 11.3 Å². The van der Waals surface area contributed by atoms with Crippen LogP contribution in [0.3, 0.4) is 0 Å². The topological polar surface area (TPSA) is 55.3 Å². The van der Waals surface area contributed by atoms with Crippen LogP contribution in [0.2, 0.25) is 0 Å². The Morgan fingerprint density at radius 2 is 2.06 bits per heavy atom. The highest BCUT2D eigenvalue weighted by Crippen LogP contribution is 2.31. The Morgan fingerprint density at radius 3 is 2.62 bits per heavy atom. The van der Waals surface area contributed by atoms with Crippen molar-refractivity contribution in [3.63, 3.8) is 0 Å². The number of hydrogen-bond acceptors (Lipinski definition) is 4. The van der Waals surface area contributed by atoms with Gasteiger partial charge in [-0.3, -0.25) is 0 Å². The maximum Gasteiger partial charge on any atom is 0.169 e. The average molecular weight is 282 g/mol. The Hall–Kier alpha value is -1.49. The highest BCUT2D eigenvalue weighted by atomic mass is 79.9. The summed E-state index contributed by atoms with van der Waals surface area (Å²) < 4.78 is 6.15. The van der Waals surface area contributed by atoms with Gasteiger partial charge in [0.15, 0.2) is 11.6 Å². The molecule has 0 aliphatic heterocycles. The number of nitrogens with two attached hydrogens (primary N) is 1. The van der Waals surface area contributed by atoms with Crippen molar-refractivity contribution in [1.82, 2.24) is 5.16 Å². The maximum atomic E-state index is 5.52. The van der Waals surface area contributed by atoms with Gasteiger partial charge in [0, 0.05) is 30.2 Å². The van der Waals surface area contributed by atoms with E-state index in [-0.39, 0.29) is 0 Å². The van der Waals surface area contributed by atoms with E-state index in [1.54, 1.807) is 6.07 Å². The Morgan fingerprint density at radius 1 is 1.31 bits per heavy atom. The van der Waals surface area contributed by atoms with E-state index in [1.807, 2.05) is 37.2 Å². The average Bonchev–Trinajstić information content (AvgIpc) is 2.65. The molecule has 0 bridgehead atoms. The van der Waals surface area contributed by atoms with Gasteiger partial charge in [-0.25, -0.2) is 0 Å². The zero-order chi connectivity index (χ0) is 11.7. The first kappa shape index (κ1) is 11.0. The maximum absolute atomic E-state index is 5.52. The summed E-state index contributed by atoms with van der Waals surface area (Å²) in [6.07, 6.45) is 0. The van der Waals surface area contributed by atoms with Crippen molar-refractivity contribution in [1.29, 1.82) is 0 Å². The molecule has 0 unspecified atom stereocenters. The lowest BCUT2D eigenvalue weighted by Gasteiger charge is -2.15. The molecule has 0 spiro atoms. The third kappa shape index (κ3) is 2.04. The van der Waals surface area contributed by atoms with Crippen LogP contribution in [-0.2, 0) is 0 Å². The summed E-state index contributed by atoms with van der Waals surface area (Å²) >= 11 is 3.50. The molecule has 0 amide bonds. The Kier molecular flexibility index (Phi) is 2.87. The summed E-state index contributed by atoms with van der Waals surface area (Å²) in [5.74, 6) is 1.07. The van der Waals surface area contributed by atoms with E-state index in [4.69, 9.17) is 10.3 Å². The first-order valence-corrected chi connectivity index (χ1v) is 5.56. The minimum Gasteiger partial charge on any atom is -0.381 e. The highest BCUT2D eigenvalue weighted by Gasteiger charge is 2.08. The SMILES string of the molecule is CN(C)c1cc(-c2cc(N)no2)ccc1Br. The molecule has 1 aromatic carbocycles. The van der Waals surface area contributed by atoms with Crippen LogP contribution in [0.5, 0.6) is 0 Å². The smallest absolute Gasteiger partial charge is 0.169 e. The molecule has 2 rings (SSSR count). The molecule has 0 saturated heterocycles. The normalized spacial score (nSPS) is 10.4. The van der Waals surface area contributed by atoms with E-state index in [0.717, 1.165) is 15.7 Å². The molecule has 0 aliphatic rings. The van der Waals surface area contributed by atoms with Crippen LogP contribution in [0.4, 0.5) is 11.5 Å². The standard InChI is InChI=1S/C11H12BrN3O/c1-15(2)9-5-7(3-4-8(9)12)10-6-11(13)14-16-10/h3-6H,1-2H3,(H2,13,14). The minimum atomic E-state index is 0.393. The second-order valence-electron chi connectivity index (χ2n) is 3.68. The van der Waals surface area contributed by atoms with E-state index >= 15 is 0 Å². The molecule has 1 heterocycles. The van der Waals surface area contributed by atoms with E-state index < -0.39 is 0 Å². The number of benzene rings is 1. The molecule has 0 fully saturated rings. The molecule has 5 heteroatoms. The van der Waals surface area contributed by atoms with Gasteiger partial charge in [-0.15, -0.1) is 0 Å². The van der Waals surface area contributed by atoms with Gasteiger partial charge in [0.2, 0.25) is 0 Å². The van der Waals surface area contributed by atoms with E-state index in [9.17, 15) is 0 Å². The molecule has 2 aromatic rings. The number of nitrogen functional groups attached to an aromatic ring is 1. The van der Waals surface area contributed by atoms with Gasteiger partial charge >= 0.3 is 0 Å². The third-order valence-corrected chi connectivity index (χ3v) is 2.91. The van der Waals surface area contributed by atoms with Crippen LogP contribution in [-0.4, -0.2) is 19.3 Å². The van der Waals surface area contributed by atoms with Gasteiger partial charge in [-0.2, -0.15) is 0 Å². The molecule has 0 radical (unpaired) electrons. The monoisotopic (exact) mass is 281 g/mol. The lowest BCUT2D eigenvalue weighted by Crippen LogP contribution is -2.09. The Labute approximate surface area is 102 Å². The molecule has 4 nitrogen and oxygen atoms in total. The molecule has 0 aliphatic carbocycles. The summed E-state index contributed by atoms with van der Waals surface area (Å²) in [6, 6.07) is 7.66. The number of nitrogens with zero attached hydrogens (tertiary/aromatic N) is 2. The van der Waals surface area contributed by atoms with Gasteiger partial charge in [-0.1, -0.05) is 5.16 Å². The lowest BCUT2D eigenvalue weighted by atomic mass is 10.1. The van der Waals surface area contributed by atoms with Gasteiger partial charge in [0.05, 0.1) is 5.69 Å². The molecular weight excluding hydrogens is 270 g/mol. The van der Waals surface area contributed by atoms with E-state index in [2.05, 4.69) is 21.1 Å². The van der Waals surface area contributed by atoms with Crippen LogP contribution >= 0.6 is 15.9 Å². The van der Waals surface area contributed by atoms with Crippen LogP contribution in [0.15, 0.2) is 33.3 Å². The number of anilines is 2. The Balaban J connectivity index is 2.47. The Bertz CT molecular complexity index is 508. The van der Waals surface area contributed by atoms with Crippen LogP contribution < -0.4 is 10.6 Å². The fraction of sp³-hybridized carbons (Fsp3) is 0.182. The fourth-order valence-corrected chi connectivity index (χ4v) is 2.03. The fourth-order valence-electron chi connectivity index (χ4n) is 1.43. The number of rotatable bonds is 2. The molecular formula is C11H12BrN3O. The second kappa shape index (κ2) is 4.17. The van der Waals surface area contributed by atoms with Crippen molar-refractivity contribution < 1.29 is 4.52 Å². The van der Waals surface area contributed by atoms with Gasteiger partial charge in [0.25, 0.3) is 0 Å². The molecule has 0 atom stereocenters. The summed E-state index contributed by atoms with van der Waals surface area (Å²) in [5.41, 5.74) is 7.55. The molecule has 1 aromatic heterocycles. The number of hydrogen-bond donors (Lipinski definition) is 1. The zero-order valence-electron chi connectivity index (χ0n) is 9.07. The summed E-state index contributed by atoms with van der Waals surface area (Å²) in [4.78, 5) is 2.02. The number of aromatic nitrogens is 1. The summed E-state index contributed by atoms with van der Waals surface area (Å²) in [6.45, 7) is 0. The summed E-state index contributed by atoms with van der Waals surface area (Å²) in [5, 5.41) is 3.67. The minimum absolute atomic E-state index is 0.393. The lowest BCUT2D eigenvalue weighted by molar-refractivity contribution is 0.436. The van der Waals surface area contributed by atoms with E-state index in [1.165, 1.54) is 0 Å². The first-order valence-electron chi connectivity index (χ1n) is 4.77. The predicted molar refractivity (Wildman–Crippen MR) is 68.4 cm³/mol. The predicted octanol–water partition coefficient (Wildman–Crippen LogP) is 2.75.